The maximum atomic E-state index is 13.0. The minimum absolute atomic E-state index is 0.180. The van der Waals surface area contributed by atoms with Gasteiger partial charge in [-0.3, -0.25) is 24.1 Å². The number of piperazine rings is 1. The van der Waals surface area contributed by atoms with E-state index >= 15 is 0 Å². The van der Waals surface area contributed by atoms with Crippen molar-refractivity contribution in [3.8, 4) is 0 Å². The maximum absolute atomic E-state index is 13.0. The first-order valence-electron chi connectivity index (χ1n) is 9.69. The number of hydrogen-bond donors (Lipinski definition) is 0. The molecule has 2 aliphatic heterocycles. The summed E-state index contributed by atoms with van der Waals surface area (Å²) in [6.45, 7) is 2.91. The van der Waals surface area contributed by atoms with Crippen LogP contribution in [0.3, 0.4) is 0 Å². The minimum atomic E-state index is -0.914. The van der Waals surface area contributed by atoms with Gasteiger partial charge in [-0.2, -0.15) is 0 Å². The molecule has 0 N–H and O–H groups in total. The van der Waals surface area contributed by atoms with E-state index in [2.05, 4.69) is 0 Å². The van der Waals surface area contributed by atoms with Gasteiger partial charge in [0.1, 0.15) is 6.04 Å². The number of imide groups is 1. The van der Waals surface area contributed by atoms with Crippen LogP contribution in [-0.2, 0) is 4.79 Å². The summed E-state index contributed by atoms with van der Waals surface area (Å²) in [6.07, 6.45) is 0. The molecule has 7 nitrogen and oxygen atoms in total. The maximum Gasteiger partial charge on any atom is 0.262 e. The van der Waals surface area contributed by atoms with Crippen LogP contribution in [0.25, 0.3) is 0 Å². The monoisotopic (exact) mass is 425 g/mol. The molecule has 0 radical (unpaired) electrons. The van der Waals surface area contributed by atoms with Crippen molar-refractivity contribution in [2.45, 2.75) is 13.0 Å². The first-order valence-corrected chi connectivity index (χ1v) is 10.1. The molecule has 0 aliphatic carbocycles. The van der Waals surface area contributed by atoms with E-state index in [1.54, 1.807) is 65.3 Å². The summed E-state index contributed by atoms with van der Waals surface area (Å²) in [5.74, 6) is -1.40. The standard InChI is InChI=1S/C22H20ClN3O4/c1-14(26-21(29)15-6-2-3-7-16(15)22(26)30)19(27)24-10-12-25(13-11-24)20(28)17-8-4-5-9-18(17)23/h2-9,14H,10-13H2,1H3. The SMILES string of the molecule is CC(C(=O)N1CCN(C(=O)c2ccccc2Cl)CC1)N1C(=O)c2ccccc2C1=O. The van der Waals surface area contributed by atoms with Crippen molar-refractivity contribution in [3.05, 3.63) is 70.2 Å². The highest BCUT2D eigenvalue weighted by atomic mass is 35.5. The zero-order valence-electron chi connectivity index (χ0n) is 16.4. The normalized spacial score (nSPS) is 17.2. The Labute approximate surface area is 178 Å². The zero-order chi connectivity index (χ0) is 21.4. The molecule has 154 valence electrons. The van der Waals surface area contributed by atoms with Gasteiger partial charge in [-0.25, -0.2) is 0 Å². The molecule has 2 aliphatic rings. The molecule has 0 aromatic heterocycles. The molecule has 8 heteroatoms. The lowest BCUT2D eigenvalue weighted by Crippen LogP contribution is -2.56. The van der Waals surface area contributed by atoms with Crippen LogP contribution in [0.4, 0.5) is 0 Å². The van der Waals surface area contributed by atoms with E-state index in [1.807, 2.05) is 0 Å². The van der Waals surface area contributed by atoms with Gasteiger partial charge in [0, 0.05) is 26.2 Å². The number of benzene rings is 2. The quantitative estimate of drug-likeness (QED) is 0.707. The van der Waals surface area contributed by atoms with Gasteiger partial charge in [-0.1, -0.05) is 35.9 Å². The lowest BCUT2D eigenvalue weighted by Gasteiger charge is -2.37. The Morgan fingerprint density at radius 1 is 0.833 bits per heavy atom. The third-order valence-corrected chi connectivity index (χ3v) is 5.88. The first kappa shape index (κ1) is 20.1. The van der Waals surface area contributed by atoms with Gasteiger partial charge < -0.3 is 9.80 Å². The molecule has 0 saturated carbocycles. The Hall–Kier alpha value is -3.19. The molecule has 2 aromatic rings. The van der Waals surface area contributed by atoms with Crippen LogP contribution in [0.15, 0.2) is 48.5 Å². The highest BCUT2D eigenvalue weighted by Gasteiger charge is 2.42. The average Bonchev–Trinajstić information content (AvgIpc) is 3.03. The zero-order valence-corrected chi connectivity index (χ0v) is 17.1. The van der Waals surface area contributed by atoms with Crippen molar-refractivity contribution in [1.82, 2.24) is 14.7 Å². The number of carbonyl (C=O) groups excluding carboxylic acids is 4. The molecule has 1 saturated heterocycles. The van der Waals surface area contributed by atoms with Gasteiger partial charge in [0.15, 0.2) is 0 Å². The summed E-state index contributed by atoms with van der Waals surface area (Å²) in [7, 11) is 0. The molecular weight excluding hydrogens is 406 g/mol. The third-order valence-electron chi connectivity index (χ3n) is 5.55. The van der Waals surface area contributed by atoms with Crippen LogP contribution in [0.1, 0.15) is 38.0 Å². The molecule has 4 rings (SSSR count). The summed E-state index contributed by atoms with van der Waals surface area (Å²) in [6, 6.07) is 12.5. The number of fused-ring (bicyclic) bond motifs is 1. The fraction of sp³-hybridized carbons (Fsp3) is 0.273. The van der Waals surface area contributed by atoms with E-state index < -0.39 is 17.9 Å². The smallest absolute Gasteiger partial charge is 0.262 e. The fourth-order valence-electron chi connectivity index (χ4n) is 3.87. The third kappa shape index (κ3) is 3.35. The number of hydrogen-bond acceptors (Lipinski definition) is 4. The van der Waals surface area contributed by atoms with Crippen molar-refractivity contribution in [3.63, 3.8) is 0 Å². The Bertz CT molecular complexity index is 1010. The largest absolute Gasteiger partial charge is 0.337 e. The van der Waals surface area contributed by atoms with E-state index in [0.29, 0.717) is 47.9 Å². The average molecular weight is 426 g/mol. The van der Waals surface area contributed by atoms with Crippen LogP contribution in [0.5, 0.6) is 0 Å². The molecule has 2 aromatic carbocycles. The summed E-state index contributed by atoms with van der Waals surface area (Å²) >= 11 is 6.12. The number of rotatable bonds is 3. The van der Waals surface area contributed by atoms with Gasteiger partial charge in [-0.05, 0) is 31.2 Å². The summed E-state index contributed by atoms with van der Waals surface area (Å²) < 4.78 is 0. The number of amides is 4. The predicted octanol–water partition coefficient (Wildman–Crippen LogP) is 2.31. The number of nitrogens with zero attached hydrogens (tertiary/aromatic N) is 3. The van der Waals surface area contributed by atoms with Crippen LogP contribution >= 0.6 is 11.6 Å². The lowest BCUT2D eigenvalue weighted by molar-refractivity contribution is -0.136. The Kier molecular flexibility index (Phi) is 5.30. The molecule has 1 atom stereocenters. The van der Waals surface area contributed by atoms with Gasteiger partial charge in [0.25, 0.3) is 17.7 Å². The second-order valence-corrected chi connectivity index (χ2v) is 7.71. The highest BCUT2D eigenvalue weighted by molar-refractivity contribution is 6.33. The minimum Gasteiger partial charge on any atom is -0.337 e. The van der Waals surface area contributed by atoms with Crippen molar-refractivity contribution >= 4 is 35.2 Å². The first-order chi connectivity index (χ1) is 14.4. The Balaban J connectivity index is 1.41. The second-order valence-electron chi connectivity index (χ2n) is 7.30. The van der Waals surface area contributed by atoms with E-state index in [9.17, 15) is 19.2 Å². The number of carbonyl (C=O) groups is 4. The van der Waals surface area contributed by atoms with Gasteiger partial charge in [0.05, 0.1) is 21.7 Å². The van der Waals surface area contributed by atoms with Crippen LogP contribution in [0, 0.1) is 0 Å². The molecule has 4 amide bonds. The number of halogens is 1. The second kappa shape index (κ2) is 7.91. The van der Waals surface area contributed by atoms with Crippen molar-refractivity contribution in [1.29, 1.82) is 0 Å². The Morgan fingerprint density at radius 3 is 1.90 bits per heavy atom. The van der Waals surface area contributed by atoms with E-state index in [0.717, 1.165) is 4.90 Å². The van der Waals surface area contributed by atoms with Crippen molar-refractivity contribution < 1.29 is 19.2 Å². The molecule has 0 spiro atoms. The van der Waals surface area contributed by atoms with Gasteiger partial charge >= 0.3 is 0 Å². The summed E-state index contributed by atoms with van der Waals surface area (Å²) in [4.78, 5) is 55.2. The van der Waals surface area contributed by atoms with Crippen molar-refractivity contribution in [2.75, 3.05) is 26.2 Å². The molecular formula is C22H20ClN3O4. The summed E-state index contributed by atoms with van der Waals surface area (Å²) in [5.41, 5.74) is 1.06. The van der Waals surface area contributed by atoms with Crippen LogP contribution in [-0.4, -0.2) is 70.5 Å². The summed E-state index contributed by atoms with van der Waals surface area (Å²) in [5, 5.41) is 0.389. The molecule has 2 heterocycles. The van der Waals surface area contributed by atoms with Gasteiger partial charge in [-0.15, -0.1) is 0 Å². The highest BCUT2D eigenvalue weighted by Crippen LogP contribution is 2.25. The Morgan fingerprint density at radius 2 is 1.33 bits per heavy atom. The van der Waals surface area contributed by atoms with Crippen LogP contribution in [0.2, 0.25) is 5.02 Å². The predicted molar refractivity (Wildman–Crippen MR) is 110 cm³/mol. The lowest BCUT2D eigenvalue weighted by atomic mass is 10.1. The molecule has 30 heavy (non-hydrogen) atoms. The molecule has 1 fully saturated rings. The van der Waals surface area contributed by atoms with Crippen molar-refractivity contribution in [2.24, 2.45) is 0 Å². The van der Waals surface area contributed by atoms with Gasteiger partial charge in [0.2, 0.25) is 5.91 Å². The topological polar surface area (TPSA) is 78.0 Å². The van der Waals surface area contributed by atoms with E-state index in [1.165, 1.54) is 0 Å². The van der Waals surface area contributed by atoms with E-state index in [-0.39, 0.29) is 11.8 Å². The fourth-order valence-corrected chi connectivity index (χ4v) is 4.09. The molecule has 0 bridgehead atoms. The molecule has 1 unspecified atom stereocenters. The van der Waals surface area contributed by atoms with Crippen LogP contribution < -0.4 is 0 Å². The van der Waals surface area contributed by atoms with E-state index in [4.69, 9.17) is 11.6 Å².